The predicted octanol–water partition coefficient (Wildman–Crippen LogP) is 2.06. The molecule has 1 rings (SSSR count). The van der Waals surface area contributed by atoms with Crippen molar-refractivity contribution in [2.24, 2.45) is 0 Å². The molecule has 5 nitrogen and oxygen atoms in total. The van der Waals surface area contributed by atoms with E-state index < -0.39 is 35.0 Å². The Hall–Kier alpha value is -2.02. The lowest BCUT2D eigenvalue weighted by Crippen LogP contribution is -2.55. The molecule has 0 aliphatic carbocycles. The lowest BCUT2D eigenvalue weighted by molar-refractivity contribution is -0.149. The molecule has 2 atom stereocenters. The highest BCUT2D eigenvalue weighted by Gasteiger charge is 2.35. The van der Waals surface area contributed by atoms with E-state index in [1.807, 2.05) is 0 Å². The van der Waals surface area contributed by atoms with Gasteiger partial charge in [-0.3, -0.25) is 4.79 Å². The van der Waals surface area contributed by atoms with Crippen LogP contribution in [-0.4, -0.2) is 36.2 Å². The molecule has 1 aromatic rings. The van der Waals surface area contributed by atoms with Gasteiger partial charge in [-0.1, -0.05) is 13.0 Å². The van der Waals surface area contributed by atoms with Gasteiger partial charge in [0.25, 0.3) is 0 Å². The number of nitrogens with one attached hydrogen (secondary N) is 1. The number of rotatable bonds is 7. The first-order valence-corrected chi connectivity index (χ1v) is 6.68. The topological polar surface area (TPSA) is 75.6 Å². The van der Waals surface area contributed by atoms with Gasteiger partial charge in [-0.05, 0) is 24.5 Å². The molecule has 0 fully saturated rings. The Morgan fingerprint density at radius 2 is 2.05 bits per heavy atom. The van der Waals surface area contributed by atoms with Crippen LogP contribution in [0.2, 0.25) is 0 Å². The van der Waals surface area contributed by atoms with Crippen molar-refractivity contribution in [2.75, 3.05) is 13.7 Å². The summed E-state index contributed by atoms with van der Waals surface area (Å²) in [5.41, 5.74) is -1.37. The van der Waals surface area contributed by atoms with Gasteiger partial charge in [0, 0.05) is 19.6 Å². The summed E-state index contributed by atoms with van der Waals surface area (Å²) in [6, 6.07) is 3.13. The van der Waals surface area contributed by atoms with Crippen LogP contribution in [0, 0.1) is 11.6 Å². The van der Waals surface area contributed by atoms with Gasteiger partial charge >= 0.3 is 5.97 Å². The number of carbonyl (C=O) groups excluding carboxylic acids is 1. The number of aliphatic carboxylic acids is 1. The van der Waals surface area contributed by atoms with Crippen molar-refractivity contribution in [1.82, 2.24) is 5.32 Å². The van der Waals surface area contributed by atoms with Gasteiger partial charge in [-0.2, -0.15) is 0 Å². The first-order valence-electron chi connectivity index (χ1n) is 6.68. The summed E-state index contributed by atoms with van der Waals surface area (Å²) in [6.07, 6.45) is -0.130. The fourth-order valence-electron chi connectivity index (χ4n) is 2.09. The fraction of sp³-hybridized carbons (Fsp3) is 0.467. The summed E-state index contributed by atoms with van der Waals surface area (Å²) in [6.45, 7) is 2.72. The minimum atomic E-state index is -1.56. The average molecular weight is 315 g/mol. The van der Waals surface area contributed by atoms with Crippen LogP contribution in [0.3, 0.4) is 0 Å². The molecule has 0 saturated heterocycles. The van der Waals surface area contributed by atoms with Gasteiger partial charge in [0.1, 0.15) is 11.6 Å². The zero-order chi connectivity index (χ0) is 16.9. The number of amides is 1. The van der Waals surface area contributed by atoms with Crippen molar-refractivity contribution in [3.8, 4) is 0 Å². The first kappa shape index (κ1) is 18.0. The molecular weight excluding hydrogens is 296 g/mol. The Balaban J connectivity index is 2.77. The van der Waals surface area contributed by atoms with E-state index in [9.17, 15) is 18.4 Å². The first-order chi connectivity index (χ1) is 10.2. The number of carboxylic acid groups (broad SMARTS) is 1. The van der Waals surface area contributed by atoms with Gasteiger partial charge in [0.05, 0.1) is 6.61 Å². The molecule has 0 spiro atoms. The third-order valence-electron chi connectivity index (χ3n) is 3.31. The van der Waals surface area contributed by atoms with E-state index in [1.54, 1.807) is 6.92 Å². The Morgan fingerprint density at radius 1 is 1.41 bits per heavy atom. The maximum absolute atomic E-state index is 13.7. The molecule has 0 bridgehead atoms. The van der Waals surface area contributed by atoms with Crippen LogP contribution < -0.4 is 5.32 Å². The van der Waals surface area contributed by atoms with Crippen LogP contribution in [-0.2, 0) is 14.3 Å². The highest BCUT2D eigenvalue weighted by atomic mass is 19.1. The van der Waals surface area contributed by atoms with Gasteiger partial charge in [-0.25, -0.2) is 13.6 Å². The molecule has 0 aliphatic rings. The second-order valence-corrected chi connectivity index (χ2v) is 5.39. The van der Waals surface area contributed by atoms with Crippen LogP contribution in [0.25, 0.3) is 0 Å². The van der Waals surface area contributed by atoms with Crippen molar-refractivity contribution >= 4 is 11.9 Å². The number of hydrogen-bond donors (Lipinski definition) is 2. The van der Waals surface area contributed by atoms with Crippen LogP contribution in [0.4, 0.5) is 8.78 Å². The molecule has 1 aromatic carbocycles. The fourth-order valence-corrected chi connectivity index (χ4v) is 2.09. The molecule has 0 heterocycles. The Labute approximate surface area is 127 Å². The number of ether oxygens (including phenoxy) is 1. The lowest BCUT2D eigenvalue weighted by atomic mass is 9.95. The summed E-state index contributed by atoms with van der Waals surface area (Å²) in [5.74, 6) is -3.75. The SMILES string of the molecule is COCC(C)(NC(=O)CC(C)c1ccc(F)cc1F)C(=O)O. The largest absolute Gasteiger partial charge is 0.479 e. The van der Waals surface area contributed by atoms with E-state index in [4.69, 9.17) is 9.84 Å². The maximum Gasteiger partial charge on any atom is 0.331 e. The number of carboxylic acids is 1. The third kappa shape index (κ3) is 4.49. The molecule has 0 radical (unpaired) electrons. The summed E-state index contributed by atoms with van der Waals surface area (Å²) >= 11 is 0. The van der Waals surface area contributed by atoms with E-state index in [1.165, 1.54) is 20.1 Å². The van der Waals surface area contributed by atoms with Crippen LogP contribution >= 0.6 is 0 Å². The molecule has 0 aliphatic heterocycles. The predicted molar refractivity (Wildman–Crippen MR) is 75.4 cm³/mol. The Bertz CT molecular complexity index is 564. The third-order valence-corrected chi connectivity index (χ3v) is 3.31. The summed E-state index contributed by atoms with van der Waals surface area (Å²) in [7, 11) is 1.32. The molecule has 0 saturated carbocycles. The lowest BCUT2D eigenvalue weighted by Gasteiger charge is -2.26. The smallest absolute Gasteiger partial charge is 0.331 e. The summed E-state index contributed by atoms with van der Waals surface area (Å²) in [4.78, 5) is 23.2. The summed E-state index contributed by atoms with van der Waals surface area (Å²) < 4.78 is 31.3. The number of carbonyl (C=O) groups is 2. The molecular formula is C15H19F2NO4. The number of benzene rings is 1. The van der Waals surface area contributed by atoms with Crippen molar-refractivity contribution in [3.63, 3.8) is 0 Å². The minimum Gasteiger partial charge on any atom is -0.479 e. The quantitative estimate of drug-likeness (QED) is 0.807. The highest BCUT2D eigenvalue weighted by molar-refractivity contribution is 5.87. The van der Waals surface area contributed by atoms with Gasteiger partial charge < -0.3 is 15.2 Å². The zero-order valence-electron chi connectivity index (χ0n) is 12.7. The van der Waals surface area contributed by atoms with Crippen molar-refractivity contribution in [3.05, 3.63) is 35.4 Å². The summed E-state index contributed by atoms with van der Waals surface area (Å²) in [5, 5.41) is 11.5. The Morgan fingerprint density at radius 3 is 2.55 bits per heavy atom. The molecule has 7 heteroatoms. The molecule has 22 heavy (non-hydrogen) atoms. The Kier molecular flexibility index (Phi) is 5.99. The zero-order valence-corrected chi connectivity index (χ0v) is 12.7. The van der Waals surface area contributed by atoms with E-state index in [-0.39, 0.29) is 18.6 Å². The number of hydrogen-bond acceptors (Lipinski definition) is 3. The standard InChI is InChI=1S/C15H19F2NO4/c1-9(11-5-4-10(16)7-12(11)17)6-13(19)18-15(2,8-22-3)14(20)21/h4-5,7,9H,6,8H2,1-3H3,(H,18,19)(H,20,21). The van der Waals surface area contributed by atoms with E-state index in [0.29, 0.717) is 0 Å². The van der Waals surface area contributed by atoms with Gasteiger partial charge in [0.2, 0.25) is 5.91 Å². The highest BCUT2D eigenvalue weighted by Crippen LogP contribution is 2.23. The normalized spacial score (nSPS) is 15.0. The van der Waals surface area contributed by atoms with E-state index >= 15 is 0 Å². The van der Waals surface area contributed by atoms with Crippen LogP contribution in [0.15, 0.2) is 18.2 Å². The molecule has 0 aromatic heterocycles. The van der Waals surface area contributed by atoms with E-state index in [0.717, 1.165) is 12.1 Å². The van der Waals surface area contributed by atoms with Gasteiger partial charge in [-0.15, -0.1) is 0 Å². The molecule has 1 amide bonds. The van der Waals surface area contributed by atoms with Gasteiger partial charge in [0.15, 0.2) is 5.54 Å². The molecule has 122 valence electrons. The van der Waals surface area contributed by atoms with Crippen molar-refractivity contribution in [1.29, 1.82) is 0 Å². The second kappa shape index (κ2) is 7.31. The average Bonchev–Trinajstić information content (AvgIpc) is 2.37. The van der Waals surface area contributed by atoms with Crippen LogP contribution in [0.5, 0.6) is 0 Å². The number of halogens is 2. The number of methoxy groups -OCH3 is 1. The second-order valence-electron chi connectivity index (χ2n) is 5.39. The van der Waals surface area contributed by atoms with Crippen LogP contribution in [0.1, 0.15) is 31.7 Å². The van der Waals surface area contributed by atoms with E-state index in [2.05, 4.69) is 5.32 Å². The van der Waals surface area contributed by atoms with Crippen molar-refractivity contribution < 1.29 is 28.2 Å². The molecule has 2 N–H and O–H groups in total. The van der Waals surface area contributed by atoms with Crippen molar-refractivity contribution in [2.45, 2.75) is 31.7 Å². The monoisotopic (exact) mass is 315 g/mol. The maximum atomic E-state index is 13.7. The molecule has 2 unspecified atom stereocenters. The minimum absolute atomic E-state index is 0.130.